The molecule has 0 heterocycles. The number of amides is 1. The van der Waals surface area contributed by atoms with E-state index in [9.17, 15) is 9.59 Å². The van der Waals surface area contributed by atoms with Gasteiger partial charge < -0.3 is 15.2 Å². The molecule has 1 unspecified atom stereocenters. The van der Waals surface area contributed by atoms with Gasteiger partial charge in [0.15, 0.2) is 6.10 Å². The number of carboxylic acid groups (broad SMARTS) is 1. The molecular formula is C17H23NO4. The first-order valence-electron chi connectivity index (χ1n) is 7.58. The predicted octanol–water partition coefficient (Wildman–Crippen LogP) is 2.62. The number of carbonyl (C=O) groups is 2. The summed E-state index contributed by atoms with van der Waals surface area (Å²) in [6.45, 7) is 7.74. The number of hydrogen-bond donors (Lipinski definition) is 2. The van der Waals surface area contributed by atoms with Crippen LogP contribution in [0.3, 0.4) is 0 Å². The second kappa shape index (κ2) is 5.99. The fraction of sp³-hybridized carbons (Fsp3) is 0.529. The minimum absolute atomic E-state index is 0.369. The van der Waals surface area contributed by atoms with Crippen molar-refractivity contribution in [3.05, 3.63) is 29.3 Å². The summed E-state index contributed by atoms with van der Waals surface area (Å²) in [5.74, 6) is -0.344. The fourth-order valence-electron chi connectivity index (χ4n) is 2.20. The van der Waals surface area contributed by atoms with Crippen LogP contribution < -0.4 is 10.1 Å². The first kappa shape index (κ1) is 16.3. The monoisotopic (exact) mass is 305 g/mol. The Morgan fingerprint density at radius 2 is 1.91 bits per heavy atom. The van der Waals surface area contributed by atoms with Crippen molar-refractivity contribution in [2.24, 2.45) is 0 Å². The third-order valence-electron chi connectivity index (χ3n) is 4.07. The molecule has 1 fully saturated rings. The molecular weight excluding hydrogens is 282 g/mol. The highest BCUT2D eigenvalue weighted by Crippen LogP contribution is 2.35. The van der Waals surface area contributed by atoms with Gasteiger partial charge in [0.05, 0.1) is 0 Å². The van der Waals surface area contributed by atoms with Crippen LogP contribution in [-0.2, 0) is 9.59 Å². The number of rotatable bonds is 6. The first-order chi connectivity index (χ1) is 10.2. The number of hydrogen-bond acceptors (Lipinski definition) is 3. The van der Waals surface area contributed by atoms with Crippen molar-refractivity contribution in [3.63, 3.8) is 0 Å². The summed E-state index contributed by atoms with van der Waals surface area (Å²) in [6.07, 6.45) is 0.212. The van der Waals surface area contributed by atoms with Gasteiger partial charge in [0.25, 0.3) is 5.91 Å². The highest BCUT2D eigenvalue weighted by molar-refractivity contribution is 5.91. The van der Waals surface area contributed by atoms with Gasteiger partial charge in [-0.1, -0.05) is 26.0 Å². The lowest BCUT2D eigenvalue weighted by Crippen LogP contribution is -2.48. The number of benzene rings is 1. The summed E-state index contributed by atoms with van der Waals surface area (Å²) in [7, 11) is 0. The average Bonchev–Trinajstić information content (AvgIpc) is 3.21. The molecule has 0 bridgehead atoms. The zero-order valence-electron chi connectivity index (χ0n) is 13.5. The van der Waals surface area contributed by atoms with E-state index >= 15 is 0 Å². The van der Waals surface area contributed by atoms with Crippen molar-refractivity contribution < 1.29 is 19.4 Å². The Bertz CT molecular complexity index is 590. The van der Waals surface area contributed by atoms with Crippen LogP contribution >= 0.6 is 0 Å². The topological polar surface area (TPSA) is 75.6 Å². The number of nitrogens with one attached hydrogen (secondary N) is 1. The van der Waals surface area contributed by atoms with Gasteiger partial charge in [-0.3, -0.25) is 4.79 Å². The molecule has 0 spiro atoms. The number of aliphatic carboxylic acids is 1. The molecule has 1 aliphatic rings. The van der Waals surface area contributed by atoms with E-state index in [1.165, 1.54) is 0 Å². The maximum absolute atomic E-state index is 12.1. The van der Waals surface area contributed by atoms with Gasteiger partial charge in [-0.05, 0) is 49.8 Å². The van der Waals surface area contributed by atoms with Crippen molar-refractivity contribution in [2.75, 3.05) is 0 Å². The van der Waals surface area contributed by atoms with Crippen LogP contribution in [0, 0.1) is 6.92 Å². The van der Waals surface area contributed by atoms with E-state index in [1.807, 2.05) is 25.1 Å². The second-order valence-corrected chi connectivity index (χ2v) is 6.32. The molecule has 0 aliphatic heterocycles. The summed E-state index contributed by atoms with van der Waals surface area (Å²) < 4.78 is 5.75. The largest absolute Gasteiger partial charge is 0.481 e. The summed E-state index contributed by atoms with van der Waals surface area (Å²) in [4.78, 5) is 23.3. The zero-order chi connectivity index (χ0) is 16.5. The molecule has 5 nitrogen and oxygen atoms in total. The Labute approximate surface area is 130 Å². The average molecular weight is 305 g/mol. The van der Waals surface area contributed by atoms with Crippen LogP contribution in [0.2, 0.25) is 0 Å². The third kappa shape index (κ3) is 3.40. The molecule has 1 aromatic carbocycles. The van der Waals surface area contributed by atoms with Gasteiger partial charge in [0.1, 0.15) is 11.3 Å². The first-order valence-corrected chi connectivity index (χ1v) is 7.58. The maximum atomic E-state index is 12.1. The molecule has 5 heteroatoms. The van der Waals surface area contributed by atoms with Crippen LogP contribution in [0.25, 0.3) is 0 Å². The number of carboxylic acids is 1. The molecule has 1 aliphatic carbocycles. The second-order valence-electron chi connectivity index (χ2n) is 6.32. The quantitative estimate of drug-likeness (QED) is 0.847. The Kier molecular flexibility index (Phi) is 4.44. The molecule has 22 heavy (non-hydrogen) atoms. The highest BCUT2D eigenvalue weighted by atomic mass is 16.5. The van der Waals surface area contributed by atoms with Crippen molar-refractivity contribution in [2.45, 2.75) is 58.1 Å². The van der Waals surface area contributed by atoms with Crippen molar-refractivity contribution in [3.8, 4) is 5.75 Å². The van der Waals surface area contributed by atoms with Crippen molar-refractivity contribution in [1.29, 1.82) is 0 Å². The van der Waals surface area contributed by atoms with E-state index in [4.69, 9.17) is 9.84 Å². The zero-order valence-corrected chi connectivity index (χ0v) is 13.5. The molecule has 1 amide bonds. The Morgan fingerprint density at radius 3 is 2.41 bits per heavy atom. The lowest BCUT2D eigenvalue weighted by molar-refractivity contribution is -0.144. The summed E-state index contributed by atoms with van der Waals surface area (Å²) >= 11 is 0. The van der Waals surface area contributed by atoms with E-state index < -0.39 is 23.5 Å². The fourth-order valence-corrected chi connectivity index (χ4v) is 2.20. The van der Waals surface area contributed by atoms with E-state index in [2.05, 4.69) is 19.2 Å². The van der Waals surface area contributed by atoms with E-state index in [0.717, 1.165) is 11.1 Å². The summed E-state index contributed by atoms with van der Waals surface area (Å²) in [6, 6.07) is 5.95. The molecule has 0 aromatic heterocycles. The molecule has 2 rings (SSSR count). The van der Waals surface area contributed by atoms with Gasteiger partial charge in [-0.15, -0.1) is 0 Å². The summed E-state index contributed by atoms with van der Waals surface area (Å²) in [5, 5.41) is 11.7. The lowest BCUT2D eigenvalue weighted by Gasteiger charge is -2.20. The Balaban J connectivity index is 2.05. The third-order valence-corrected chi connectivity index (χ3v) is 4.07. The van der Waals surface area contributed by atoms with Crippen LogP contribution in [0.1, 0.15) is 50.7 Å². The number of ether oxygens (including phenoxy) is 1. The van der Waals surface area contributed by atoms with Gasteiger partial charge in [-0.2, -0.15) is 0 Å². The van der Waals surface area contributed by atoms with E-state index in [0.29, 0.717) is 24.5 Å². The van der Waals surface area contributed by atoms with Crippen molar-refractivity contribution >= 4 is 11.9 Å². The van der Waals surface area contributed by atoms with Crippen LogP contribution in [-0.4, -0.2) is 28.6 Å². The van der Waals surface area contributed by atoms with Crippen LogP contribution in [0.4, 0.5) is 0 Å². The SMILES string of the molecule is Cc1ccc(C(C)C)cc1OC(C)C(=O)NC1(C(=O)O)CC1. The number of carbonyl (C=O) groups excluding carboxylic acids is 1. The summed E-state index contributed by atoms with van der Waals surface area (Å²) in [5.41, 5.74) is 1.00. The standard InChI is InChI=1S/C17H23NO4/c1-10(2)13-6-5-11(3)14(9-13)22-12(4)15(19)18-17(7-8-17)16(20)21/h5-6,9-10,12H,7-8H2,1-4H3,(H,18,19)(H,20,21). The minimum Gasteiger partial charge on any atom is -0.481 e. The van der Waals surface area contributed by atoms with E-state index in [-0.39, 0.29) is 0 Å². The van der Waals surface area contributed by atoms with E-state index in [1.54, 1.807) is 6.92 Å². The van der Waals surface area contributed by atoms with Crippen LogP contribution in [0.5, 0.6) is 5.75 Å². The number of aryl methyl sites for hydroxylation is 1. The molecule has 0 saturated heterocycles. The Morgan fingerprint density at radius 1 is 1.27 bits per heavy atom. The molecule has 1 atom stereocenters. The molecule has 120 valence electrons. The predicted molar refractivity (Wildman–Crippen MR) is 83.1 cm³/mol. The smallest absolute Gasteiger partial charge is 0.329 e. The Hall–Kier alpha value is -2.04. The molecule has 1 aromatic rings. The van der Waals surface area contributed by atoms with Gasteiger partial charge in [0.2, 0.25) is 0 Å². The van der Waals surface area contributed by atoms with Gasteiger partial charge in [-0.25, -0.2) is 4.79 Å². The van der Waals surface area contributed by atoms with Crippen molar-refractivity contribution in [1.82, 2.24) is 5.32 Å². The molecule has 1 saturated carbocycles. The van der Waals surface area contributed by atoms with Gasteiger partial charge >= 0.3 is 5.97 Å². The van der Waals surface area contributed by atoms with Crippen LogP contribution in [0.15, 0.2) is 18.2 Å². The van der Waals surface area contributed by atoms with Gasteiger partial charge in [0, 0.05) is 0 Å². The highest BCUT2D eigenvalue weighted by Gasteiger charge is 2.52. The molecule has 0 radical (unpaired) electrons. The normalized spacial score (nSPS) is 17.0. The molecule has 2 N–H and O–H groups in total. The maximum Gasteiger partial charge on any atom is 0.329 e. The minimum atomic E-state index is -1.08. The lowest BCUT2D eigenvalue weighted by atomic mass is 10.0.